The van der Waals surface area contributed by atoms with Crippen molar-refractivity contribution in [1.29, 1.82) is 0 Å². The van der Waals surface area contributed by atoms with Crippen molar-refractivity contribution in [2.75, 3.05) is 32.3 Å². The molecule has 1 saturated heterocycles. The van der Waals surface area contributed by atoms with Gasteiger partial charge in [0.2, 0.25) is 0 Å². The van der Waals surface area contributed by atoms with Crippen molar-refractivity contribution in [2.45, 2.75) is 49.4 Å². The summed E-state index contributed by atoms with van der Waals surface area (Å²) in [6.07, 6.45) is 1.86. The normalized spacial score (nSPS) is 17.9. The minimum Gasteiger partial charge on any atom is -0.480 e. The average molecular weight is 625 g/mol. The Kier molecular flexibility index (Phi) is 11.4. The molecule has 43 heavy (non-hydrogen) atoms. The molecule has 0 aromatic heterocycles. The maximum absolute atomic E-state index is 13.5. The van der Waals surface area contributed by atoms with E-state index in [0.29, 0.717) is 29.5 Å². The zero-order chi connectivity index (χ0) is 31.0. The number of benzene rings is 3. The molecule has 10 heteroatoms. The molecule has 8 nitrogen and oxygen atoms in total. The van der Waals surface area contributed by atoms with Crippen LogP contribution >= 0.6 is 11.8 Å². The fourth-order valence-corrected chi connectivity index (χ4v) is 7.39. The maximum atomic E-state index is 13.5. The molecule has 1 fully saturated rings. The topological polar surface area (TPSA) is 113 Å². The number of carbonyl (C=O) groups is 2. The van der Waals surface area contributed by atoms with Gasteiger partial charge in [0.25, 0.3) is 5.91 Å². The number of hydrogen-bond donors (Lipinski definition) is 2. The Morgan fingerprint density at radius 3 is 2.44 bits per heavy atom. The number of likely N-dealkylation sites (tertiary alicyclic amines) is 1. The van der Waals surface area contributed by atoms with Gasteiger partial charge in [0.05, 0.1) is 12.4 Å². The van der Waals surface area contributed by atoms with E-state index in [0.717, 1.165) is 41.7 Å². The van der Waals surface area contributed by atoms with Crippen molar-refractivity contribution in [2.24, 2.45) is 0 Å². The van der Waals surface area contributed by atoms with Crippen LogP contribution in [-0.2, 0) is 31.7 Å². The monoisotopic (exact) mass is 624 g/mol. The summed E-state index contributed by atoms with van der Waals surface area (Å²) in [7, 11) is -1.66. The molecule has 3 aromatic carbocycles. The van der Waals surface area contributed by atoms with Crippen LogP contribution in [0.15, 0.2) is 72.8 Å². The van der Waals surface area contributed by atoms with Crippen molar-refractivity contribution in [3.05, 3.63) is 95.1 Å². The summed E-state index contributed by atoms with van der Waals surface area (Å²) < 4.78 is 28.8. The van der Waals surface area contributed by atoms with Gasteiger partial charge in [-0.05, 0) is 59.7 Å². The van der Waals surface area contributed by atoms with Crippen LogP contribution in [0.3, 0.4) is 0 Å². The Morgan fingerprint density at radius 1 is 1.05 bits per heavy atom. The summed E-state index contributed by atoms with van der Waals surface area (Å²) in [5.74, 6) is -1.20. The van der Waals surface area contributed by atoms with Crippen molar-refractivity contribution in [1.82, 2.24) is 10.2 Å². The van der Waals surface area contributed by atoms with Crippen molar-refractivity contribution in [3.8, 4) is 11.1 Å². The van der Waals surface area contributed by atoms with Gasteiger partial charge in [-0.15, -0.1) is 0 Å². The number of sulfone groups is 1. The summed E-state index contributed by atoms with van der Waals surface area (Å²) >= 11 is 1.97. The van der Waals surface area contributed by atoms with E-state index in [1.54, 1.807) is 13.2 Å². The van der Waals surface area contributed by atoms with E-state index in [1.807, 2.05) is 61.2 Å². The van der Waals surface area contributed by atoms with Gasteiger partial charge in [0, 0.05) is 49.1 Å². The number of nitrogens with one attached hydrogen (secondary N) is 1. The number of aliphatic carboxylic acids is 1. The van der Waals surface area contributed by atoms with Crippen LogP contribution in [0.5, 0.6) is 0 Å². The molecule has 0 unspecified atom stereocenters. The lowest BCUT2D eigenvalue weighted by Crippen LogP contribution is -2.42. The average Bonchev–Trinajstić information content (AvgIpc) is 3.35. The van der Waals surface area contributed by atoms with Gasteiger partial charge in [0.1, 0.15) is 15.9 Å². The minimum atomic E-state index is -3.39. The van der Waals surface area contributed by atoms with Gasteiger partial charge in [0.15, 0.2) is 0 Å². The lowest BCUT2D eigenvalue weighted by atomic mass is 9.93. The van der Waals surface area contributed by atoms with Crippen molar-refractivity contribution in [3.63, 3.8) is 0 Å². The number of carbonyl (C=O) groups excluding carboxylic acids is 1. The Bertz CT molecular complexity index is 1510. The predicted octanol–water partition coefficient (Wildman–Crippen LogP) is 4.80. The first-order valence-electron chi connectivity index (χ1n) is 14.3. The summed E-state index contributed by atoms with van der Waals surface area (Å²) in [6, 6.07) is 22.9. The van der Waals surface area contributed by atoms with Crippen LogP contribution in [0.4, 0.5) is 0 Å². The van der Waals surface area contributed by atoms with E-state index in [1.165, 1.54) is 5.56 Å². The van der Waals surface area contributed by atoms with Crippen LogP contribution in [0.25, 0.3) is 11.1 Å². The highest BCUT2D eigenvalue weighted by Crippen LogP contribution is 2.33. The largest absolute Gasteiger partial charge is 0.480 e. The molecule has 230 valence electrons. The quantitative estimate of drug-likeness (QED) is 0.263. The highest BCUT2D eigenvalue weighted by Gasteiger charge is 2.32. The minimum absolute atomic E-state index is 0.211. The van der Waals surface area contributed by atoms with Crippen LogP contribution < -0.4 is 5.32 Å². The maximum Gasteiger partial charge on any atom is 0.326 e. The number of amides is 1. The third-order valence-electron chi connectivity index (χ3n) is 7.71. The number of carboxylic acids is 1. The molecule has 0 aliphatic carbocycles. The molecule has 1 aliphatic heterocycles. The standard InChI is InChI=1S/C33H40N2O6S2/c1-23-9-7-8-12-28(23)30-17-25(13-14-29(30)32(36)34-31(33(37)38)15-16-43(3,39)40)19-35-20-27(18-26(35)21-41-2)42-22-24-10-5-4-6-11-24/h4-14,17,26-27,31H,15-16,18-22H2,1-3H3,(H,34,36)(H,37,38)/t26-,27+,31-/m0/s1. The van der Waals surface area contributed by atoms with E-state index in [2.05, 4.69) is 34.5 Å². The number of ether oxygens (including phenoxy) is 1. The van der Waals surface area contributed by atoms with Crippen LogP contribution in [0.2, 0.25) is 0 Å². The van der Waals surface area contributed by atoms with Gasteiger partial charge in [-0.25, -0.2) is 13.2 Å². The Hall–Kier alpha value is -3.18. The SMILES string of the molecule is COC[C@@H]1C[C@@H](SCc2ccccc2)CN1Cc1ccc(C(=O)N[C@@H](CCS(C)(=O)=O)C(=O)O)c(-c2ccccc2C)c1. The molecule has 2 N–H and O–H groups in total. The lowest BCUT2D eigenvalue weighted by Gasteiger charge is -2.24. The summed E-state index contributed by atoms with van der Waals surface area (Å²) in [5, 5.41) is 12.7. The van der Waals surface area contributed by atoms with E-state index in [4.69, 9.17) is 4.74 Å². The van der Waals surface area contributed by atoms with Gasteiger partial charge in [-0.1, -0.05) is 60.7 Å². The van der Waals surface area contributed by atoms with Crippen LogP contribution in [0.1, 0.15) is 39.9 Å². The summed E-state index contributed by atoms with van der Waals surface area (Å²) in [6.45, 7) is 4.22. The van der Waals surface area contributed by atoms with Gasteiger partial charge < -0.3 is 15.2 Å². The molecule has 1 amide bonds. The summed E-state index contributed by atoms with van der Waals surface area (Å²) in [4.78, 5) is 27.8. The molecule has 4 rings (SSSR count). The molecular formula is C33H40N2O6S2. The third-order valence-corrected chi connectivity index (χ3v) is 10.00. The van der Waals surface area contributed by atoms with E-state index in [-0.39, 0.29) is 18.2 Å². The highest BCUT2D eigenvalue weighted by molar-refractivity contribution is 7.99. The molecule has 0 bridgehead atoms. The number of thioether (sulfide) groups is 1. The zero-order valence-corrected chi connectivity index (χ0v) is 26.5. The van der Waals surface area contributed by atoms with Gasteiger partial charge >= 0.3 is 5.97 Å². The van der Waals surface area contributed by atoms with Gasteiger partial charge in [-0.3, -0.25) is 9.69 Å². The number of rotatable bonds is 14. The van der Waals surface area contributed by atoms with Crippen molar-refractivity contribution < 1.29 is 27.9 Å². The molecule has 3 aromatic rings. The molecule has 3 atom stereocenters. The van der Waals surface area contributed by atoms with Gasteiger partial charge in [-0.2, -0.15) is 11.8 Å². The third kappa shape index (κ3) is 9.40. The first-order valence-corrected chi connectivity index (χ1v) is 17.4. The number of methoxy groups -OCH3 is 1. The second-order valence-corrected chi connectivity index (χ2v) is 14.7. The Labute approximate surface area is 258 Å². The zero-order valence-electron chi connectivity index (χ0n) is 24.9. The Morgan fingerprint density at radius 2 is 1.77 bits per heavy atom. The number of nitrogens with zero attached hydrogens (tertiary/aromatic N) is 1. The molecule has 1 aliphatic rings. The first kappa shape index (κ1) is 32.7. The molecular weight excluding hydrogens is 585 g/mol. The number of hydrogen-bond acceptors (Lipinski definition) is 7. The molecule has 0 saturated carbocycles. The second-order valence-electron chi connectivity index (χ2n) is 11.2. The molecule has 0 spiro atoms. The first-order chi connectivity index (χ1) is 20.5. The van der Waals surface area contributed by atoms with Crippen LogP contribution in [-0.4, -0.2) is 79.9 Å². The fraction of sp³-hybridized carbons (Fsp3) is 0.394. The fourth-order valence-electron chi connectivity index (χ4n) is 5.45. The smallest absolute Gasteiger partial charge is 0.326 e. The number of carboxylic acid groups (broad SMARTS) is 1. The van der Waals surface area contributed by atoms with E-state index >= 15 is 0 Å². The second kappa shape index (κ2) is 15.0. The van der Waals surface area contributed by atoms with Crippen LogP contribution in [0, 0.1) is 6.92 Å². The molecule has 0 radical (unpaired) electrons. The Balaban J connectivity index is 1.56. The highest BCUT2D eigenvalue weighted by atomic mass is 32.2. The summed E-state index contributed by atoms with van der Waals surface area (Å²) in [5.41, 5.74) is 5.26. The predicted molar refractivity (Wildman–Crippen MR) is 172 cm³/mol. The van der Waals surface area contributed by atoms with E-state index < -0.39 is 27.8 Å². The lowest BCUT2D eigenvalue weighted by molar-refractivity contribution is -0.139. The van der Waals surface area contributed by atoms with Crippen molar-refractivity contribution >= 4 is 33.5 Å². The molecule has 1 heterocycles. The number of aryl methyl sites for hydroxylation is 1. The van der Waals surface area contributed by atoms with E-state index in [9.17, 15) is 23.1 Å².